The highest BCUT2D eigenvalue weighted by molar-refractivity contribution is 7.57. The Hall–Kier alpha value is -1.81. The molecule has 12 heteroatoms. The highest BCUT2D eigenvalue weighted by Crippen LogP contribution is 2.35. The lowest BCUT2D eigenvalue weighted by atomic mass is 10.1. The highest BCUT2D eigenvalue weighted by Gasteiger charge is 2.37. The number of rotatable bonds is 10. The van der Waals surface area contributed by atoms with Crippen molar-refractivity contribution in [2.45, 2.75) is 57.8 Å². The lowest BCUT2D eigenvalue weighted by Gasteiger charge is -2.31. The Morgan fingerprint density at radius 1 is 1.11 bits per heavy atom. The summed E-state index contributed by atoms with van der Waals surface area (Å²) in [6.07, 6.45) is -0.217. The Labute approximate surface area is 157 Å². The number of nitrogens with one attached hydrogen (secondary N) is 1. The second kappa shape index (κ2) is 10.5. The molecule has 0 aliphatic heterocycles. The first-order chi connectivity index (χ1) is 12.2. The van der Waals surface area contributed by atoms with E-state index in [0.29, 0.717) is 4.90 Å². The molecule has 0 rings (SSSR count). The molecule has 0 aromatic rings. The van der Waals surface area contributed by atoms with E-state index in [0.717, 1.165) is 6.66 Å². The summed E-state index contributed by atoms with van der Waals surface area (Å²) in [6.45, 7) is 5.20. The van der Waals surface area contributed by atoms with Crippen LogP contribution in [0.4, 0.5) is 0 Å². The van der Waals surface area contributed by atoms with Crippen LogP contribution >= 0.6 is 7.37 Å². The number of amides is 3. The van der Waals surface area contributed by atoms with Gasteiger partial charge in [-0.25, -0.2) is 0 Å². The van der Waals surface area contributed by atoms with Crippen molar-refractivity contribution in [3.05, 3.63) is 0 Å². The minimum absolute atomic E-state index is 0.172. The van der Waals surface area contributed by atoms with Gasteiger partial charge < -0.3 is 26.8 Å². The third-order valence-electron chi connectivity index (χ3n) is 3.90. The van der Waals surface area contributed by atoms with Crippen LogP contribution in [0.25, 0.3) is 0 Å². The molecule has 0 radical (unpaired) electrons. The number of hydrogen-bond donors (Lipinski definition) is 5. The molecule has 0 spiro atoms. The van der Waals surface area contributed by atoms with Gasteiger partial charge in [-0.2, -0.15) is 0 Å². The average Bonchev–Trinajstić information content (AvgIpc) is 2.57. The van der Waals surface area contributed by atoms with Crippen molar-refractivity contribution in [2.75, 3.05) is 12.8 Å². The van der Waals surface area contributed by atoms with Crippen LogP contribution in [-0.2, 0) is 23.7 Å². The third kappa shape index (κ3) is 8.17. The maximum atomic E-state index is 12.6. The van der Waals surface area contributed by atoms with E-state index in [2.05, 4.69) is 5.32 Å². The van der Waals surface area contributed by atoms with Crippen LogP contribution in [0.2, 0.25) is 0 Å². The maximum absolute atomic E-state index is 12.6. The first kappa shape index (κ1) is 25.2. The van der Waals surface area contributed by atoms with E-state index < -0.39 is 55.2 Å². The molecule has 0 aliphatic carbocycles. The Kier molecular flexibility index (Phi) is 9.80. The second-order valence-corrected chi connectivity index (χ2v) is 9.02. The van der Waals surface area contributed by atoms with Gasteiger partial charge in [0.15, 0.2) is 7.37 Å². The Morgan fingerprint density at radius 3 is 2.00 bits per heavy atom. The van der Waals surface area contributed by atoms with E-state index in [4.69, 9.17) is 16.6 Å². The maximum Gasteiger partial charge on any atom is 0.325 e. The van der Waals surface area contributed by atoms with Crippen molar-refractivity contribution in [2.24, 2.45) is 11.5 Å². The predicted octanol–water partition coefficient (Wildman–Crippen LogP) is -1.33. The molecule has 156 valence electrons. The molecular weight excluding hydrogens is 379 g/mol. The van der Waals surface area contributed by atoms with Gasteiger partial charge in [0.05, 0.1) is 12.1 Å². The molecule has 0 bridgehead atoms. The quantitative estimate of drug-likeness (QED) is 0.272. The molecule has 0 aliphatic rings. The zero-order chi connectivity index (χ0) is 21.5. The summed E-state index contributed by atoms with van der Waals surface area (Å²) < 4.78 is 11.4. The van der Waals surface area contributed by atoms with Crippen LogP contribution in [0.15, 0.2) is 0 Å². The van der Waals surface area contributed by atoms with E-state index in [-0.39, 0.29) is 19.0 Å². The fourth-order valence-electron chi connectivity index (χ4n) is 2.04. The standard InChI is InChI=1S/C15H29N4O7P/c1-5-10(16)13(21)19(9(3)12(20)18-8(2)15(23)24)14(22)11(17)6-7-27(4,25)26/h8-11H,5-7,16-17H2,1-4H3,(H,18,20)(H,23,24)(H,25,26)/t8-,9-,10-,11-/m0/s1. The summed E-state index contributed by atoms with van der Waals surface area (Å²) in [5, 5.41) is 11.0. The van der Waals surface area contributed by atoms with Crippen molar-refractivity contribution in [3.63, 3.8) is 0 Å². The summed E-state index contributed by atoms with van der Waals surface area (Å²) in [6, 6.07) is -4.96. The largest absolute Gasteiger partial charge is 0.480 e. The molecule has 5 atom stereocenters. The normalized spacial score (nSPS) is 17.7. The zero-order valence-corrected chi connectivity index (χ0v) is 16.8. The summed E-state index contributed by atoms with van der Waals surface area (Å²) in [5.74, 6) is -3.93. The van der Waals surface area contributed by atoms with Crippen LogP contribution < -0.4 is 16.8 Å². The number of nitrogens with two attached hydrogens (primary N) is 2. The van der Waals surface area contributed by atoms with E-state index in [1.807, 2.05) is 0 Å². The molecule has 11 nitrogen and oxygen atoms in total. The fraction of sp³-hybridized carbons (Fsp3) is 0.733. The molecule has 1 unspecified atom stereocenters. The van der Waals surface area contributed by atoms with Gasteiger partial charge >= 0.3 is 5.97 Å². The molecule has 0 aromatic carbocycles. The lowest BCUT2D eigenvalue weighted by molar-refractivity contribution is -0.153. The highest BCUT2D eigenvalue weighted by atomic mass is 31.2. The number of nitrogens with zero attached hydrogens (tertiary/aromatic N) is 1. The van der Waals surface area contributed by atoms with Crippen LogP contribution in [0.1, 0.15) is 33.6 Å². The van der Waals surface area contributed by atoms with Crippen molar-refractivity contribution in [1.82, 2.24) is 10.2 Å². The van der Waals surface area contributed by atoms with Crippen molar-refractivity contribution in [1.29, 1.82) is 0 Å². The van der Waals surface area contributed by atoms with Gasteiger partial charge in [-0.3, -0.25) is 28.6 Å². The van der Waals surface area contributed by atoms with Gasteiger partial charge in [-0.1, -0.05) is 6.92 Å². The number of aliphatic carboxylic acids is 1. The Balaban J connectivity index is 5.53. The minimum atomic E-state index is -3.42. The van der Waals surface area contributed by atoms with Crippen LogP contribution in [0.5, 0.6) is 0 Å². The number of carboxylic acid groups (broad SMARTS) is 1. The van der Waals surface area contributed by atoms with Gasteiger partial charge in [0, 0.05) is 12.8 Å². The van der Waals surface area contributed by atoms with Crippen LogP contribution in [-0.4, -0.2) is 75.6 Å². The zero-order valence-electron chi connectivity index (χ0n) is 15.9. The fourth-order valence-corrected chi connectivity index (χ4v) is 2.79. The van der Waals surface area contributed by atoms with Crippen LogP contribution in [0.3, 0.4) is 0 Å². The van der Waals surface area contributed by atoms with Crippen molar-refractivity contribution < 1.29 is 33.7 Å². The summed E-state index contributed by atoms with van der Waals surface area (Å²) in [5.41, 5.74) is 11.4. The topological polar surface area (TPSA) is 193 Å². The van der Waals surface area contributed by atoms with Crippen molar-refractivity contribution in [3.8, 4) is 0 Å². The first-order valence-corrected chi connectivity index (χ1v) is 10.7. The van der Waals surface area contributed by atoms with E-state index >= 15 is 0 Å². The summed E-state index contributed by atoms with van der Waals surface area (Å²) in [7, 11) is -3.42. The molecule has 27 heavy (non-hydrogen) atoms. The van der Waals surface area contributed by atoms with Gasteiger partial charge in [-0.05, 0) is 26.7 Å². The Morgan fingerprint density at radius 2 is 1.59 bits per heavy atom. The van der Waals surface area contributed by atoms with E-state index in [9.17, 15) is 28.6 Å². The monoisotopic (exact) mass is 408 g/mol. The summed E-state index contributed by atoms with van der Waals surface area (Å²) in [4.78, 5) is 58.2. The predicted molar refractivity (Wildman–Crippen MR) is 98.0 cm³/mol. The first-order valence-electron chi connectivity index (χ1n) is 8.43. The number of carbonyl (C=O) groups is 4. The summed E-state index contributed by atoms with van der Waals surface area (Å²) >= 11 is 0. The lowest BCUT2D eigenvalue weighted by Crippen LogP contribution is -2.60. The second-order valence-electron chi connectivity index (χ2n) is 6.48. The molecule has 0 saturated heterocycles. The molecule has 0 aromatic heterocycles. The number of imide groups is 1. The van der Waals surface area contributed by atoms with Gasteiger partial charge in [0.1, 0.15) is 12.1 Å². The number of carboxylic acids is 1. The minimum Gasteiger partial charge on any atom is -0.480 e. The van der Waals surface area contributed by atoms with E-state index in [1.165, 1.54) is 13.8 Å². The van der Waals surface area contributed by atoms with Crippen LogP contribution in [0, 0.1) is 0 Å². The number of carbonyl (C=O) groups excluding carboxylic acids is 3. The van der Waals surface area contributed by atoms with Crippen molar-refractivity contribution >= 4 is 31.1 Å². The molecule has 7 N–H and O–H groups in total. The third-order valence-corrected chi connectivity index (χ3v) is 4.99. The van der Waals surface area contributed by atoms with Gasteiger partial charge in [0.25, 0.3) is 0 Å². The average molecular weight is 408 g/mol. The molecule has 0 fully saturated rings. The molecule has 0 heterocycles. The smallest absolute Gasteiger partial charge is 0.325 e. The van der Waals surface area contributed by atoms with Gasteiger partial charge in [-0.15, -0.1) is 0 Å². The number of hydrogen-bond acceptors (Lipinski definition) is 7. The molecular formula is C15H29N4O7P. The SMILES string of the molecule is CC[C@H](N)C(=O)N(C(=O)[C@@H](N)CCP(C)(=O)O)[C@@H](C)C(=O)N[C@@H](C)C(=O)O. The molecule has 3 amide bonds. The van der Waals surface area contributed by atoms with E-state index in [1.54, 1.807) is 6.92 Å². The Bertz CT molecular complexity index is 621. The van der Waals surface area contributed by atoms with Gasteiger partial charge in [0.2, 0.25) is 17.7 Å². The molecule has 0 saturated carbocycles.